The Bertz CT molecular complexity index is 1030. The van der Waals surface area contributed by atoms with Gasteiger partial charge in [-0.1, -0.05) is 18.2 Å². The van der Waals surface area contributed by atoms with Crippen LogP contribution >= 0.6 is 0 Å². The number of amidine groups is 1. The number of hydrogen-bond acceptors (Lipinski definition) is 5. The highest BCUT2D eigenvalue weighted by Crippen LogP contribution is 2.30. The van der Waals surface area contributed by atoms with Crippen molar-refractivity contribution in [2.45, 2.75) is 24.7 Å². The van der Waals surface area contributed by atoms with Crippen molar-refractivity contribution in [3.63, 3.8) is 0 Å². The Balaban J connectivity index is 1.54. The van der Waals surface area contributed by atoms with Gasteiger partial charge in [0.1, 0.15) is 10.7 Å². The van der Waals surface area contributed by atoms with E-state index in [1.54, 1.807) is 30.5 Å². The molecule has 1 aromatic carbocycles. The lowest BCUT2D eigenvalue weighted by Gasteiger charge is -2.33. The van der Waals surface area contributed by atoms with E-state index in [0.717, 1.165) is 18.4 Å². The van der Waals surface area contributed by atoms with Crippen molar-refractivity contribution < 1.29 is 13.2 Å². The first-order valence-electron chi connectivity index (χ1n) is 8.87. The van der Waals surface area contributed by atoms with Crippen LogP contribution in [-0.4, -0.2) is 43.1 Å². The number of piperidine rings is 1. The zero-order valence-corrected chi connectivity index (χ0v) is 15.7. The molecule has 140 valence electrons. The number of carbonyl (C=O) groups is 1. The van der Waals surface area contributed by atoms with Crippen LogP contribution in [0.25, 0.3) is 0 Å². The number of anilines is 1. The summed E-state index contributed by atoms with van der Waals surface area (Å²) < 4.78 is 28.6. The number of amides is 1. The number of rotatable bonds is 2. The van der Waals surface area contributed by atoms with Gasteiger partial charge in [0.05, 0.1) is 5.92 Å². The third-order valence-electron chi connectivity index (χ3n) is 4.96. The Hall–Kier alpha value is -2.74. The number of sulfonamides is 1. The molecule has 0 aliphatic carbocycles. The zero-order chi connectivity index (χ0) is 19.0. The Kier molecular flexibility index (Phi) is 4.43. The van der Waals surface area contributed by atoms with Crippen molar-refractivity contribution >= 4 is 27.6 Å². The SMILES string of the molecule is Cc1cccnc1NC(=O)C1CCCN(C2=NS(=O)(=O)c3ccccc32)C1. The van der Waals surface area contributed by atoms with Gasteiger partial charge < -0.3 is 10.2 Å². The van der Waals surface area contributed by atoms with Crippen LogP contribution in [0, 0.1) is 12.8 Å². The normalized spacial score (nSPS) is 20.7. The summed E-state index contributed by atoms with van der Waals surface area (Å²) in [6.07, 6.45) is 3.18. The second kappa shape index (κ2) is 6.77. The van der Waals surface area contributed by atoms with E-state index < -0.39 is 10.0 Å². The van der Waals surface area contributed by atoms with Crippen molar-refractivity contribution in [2.75, 3.05) is 18.4 Å². The smallest absolute Gasteiger partial charge is 0.285 e. The van der Waals surface area contributed by atoms with Crippen LogP contribution in [0.3, 0.4) is 0 Å². The number of carbonyl (C=O) groups excluding carboxylic acids is 1. The molecule has 1 fully saturated rings. The number of nitrogens with zero attached hydrogens (tertiary/aromatic N) is 3. The summed E-state index contributed by atoms with van der Waals surface area (Å²) >= 11 is 0. The largest absolute Gasteiger partial charge is 0.355 e. The summed E-state index contributed by atoms with van der Waals surface area (Å²) in [6.45, 7) is 3.00. The summed E-state index contributed by atoms with van der Waals surface area (Å²) in [6, 6.07) is 10.5. The van der Waals surface area contributed by atoms with E-state index in [4.69, 9.17) is 0 Å². The lowest BCUT2D eigenvalue weighted by Crippen LogP contribution is -2.43. The summed E-state index contributed by atoms with van der Waals surface area (Å²) in [5.41, 5.74) is 1.51. The van der Waals surface area contributed by atoms with Crippen molar-refractivity contribution in [1.29, 1.82) is 0 Å². The average Bonchev–Trinajstić information content (AvgIpc) is 2.95. The van der Waals surface area contributed by atoms with Gasteiger partial charge in [-0.2, -0.15) is 8.42 Å². The summed E-state index contributed by atoms with van der Waals surface area (Å²) in [4.78, 5) is 19.1. The fourth-order valence-corrected chi connectivity index (χ4v) is 4.76. The minimum absolute atomic E-state index is 0.101. The molecule has 2 aliphatic rings. The third kappa shape index (κ3) is 3.32. The molecule has 0 saturated carbocycles. The van der Waals surface area contributed by atoms with E-state index >= 15 is 0 Å². The number of hydrogen-bond donors (Lipinski definition) is 1. The highest BCUT2D eigenvalue weighted by Gasteiger charge is 2.35. The van der Waals surface area contributed by atoms with Crippen LogP contribution in [-0.2, 0) is 14.8 Å². The maximum atomic E-state index is 12.7. The molecule has 2 aromatic rings. The summed E-state index contributed by atoms with van der Waals surface area (Å²) in [5.74, 6) is 0.650. The molecule has 3 heterocycles. The lowest BCUT2D eigenvalue weighted by atomic mass is 9.96. The highest BCUT2D eigenvalue weighted by molar-refractivity contribution is 7.90. The first kappa shape index (κ1) is 17.7. The number of fused-ring (bicyclic) bond motifs is 1. The fraction of sp³-hybridized carbons (Fsp3) is 0.316. The van der Waals surface area contributed by atoms with Gasteiger partial charge in [-0.05, 0) is 43.5 Å². The van der Waals surface area contributed by atoms with Gasteiger partial charge in [0.2, 0.25) is 5.91 Å². The van der Waals surface area contributed by atoms with Crippen LogP contribution in [0.4, 0.5) is 5.82 Å². The van der Waals surface area contributed by atoms with Crippen molar-refractivity contribution in [1.82, 2.24) is 9.88 Å². The van der Waals surface area contributed by atoms with Crippen molar-refractivity contribution in [3.05, 3.63) is 53.7 Å². The van der Waals surface area contributed by atoms with E-state index in [-0.39, 0.29) is 16.7 Å². The molecule has 1 saturated heterocycles. The quantitative estimate of drug-likeness (QED) is 0.857. The molecule has 0 spiro atoms. The van der Waals surface area contributed by atoms with Crippen LogP contribution in [0.15, 0.2) is 51.9 Å². The molecule has 7 nitrogen and oxygen atoms in total. The molecule has 1 amide bonds. The lowest BCUT2D eigenvalue weighted by molar-refractivity contribution is -0.121. The van der Waals surface area contributed by atoms with Crippen molar-refractivity contribution in [3.8, 4) is 0 Å². The van der Waals surface area contributed by atoms with Crippen LogP contribution < -0.4 is 5.32 Å². The number of pyridine rings is 1. The second-order valence-electron chi connectivity index (χ2n) is 6.83. The molecule has 1 unspecified atom stereocenters. The number of aromatic nitrogens is 1. The summed E-state index contributed by atoms with van der Waals surface area (Å²) in [7, 11) is -3.66. The van der Waals surface area contributed by atoms with Gasteiger partial charge >= 0.3 is 0 Å². The maximum Gasteiger partial charge on any atom is 0.285 e. The predicted octanol–water partition coefficient (Wildman–Crippen LogP) is 2.19. The first-order chi connectivity index (χ1) is 13.0. The molecular weight excluding hydrogens is 364 g/mol. The van der Waals surface area contributed by atoms with Gasteiger partial charge in [0.25, 0.3) is 10.0 Å². The molecule has 0 radical (unpaired) electrons. The standard InChI is InChI=1S/C19H20N4O3S/c1-13-6-4-10-20-17(13)21-19(24)14-7-5-11-23(12-14)18-15-8-2-3-9-16(15)27(25,26)22-18/h2-4,6,8-10,14H,5,7,11-12H2,1H3,(H,20,21,24). The number of likely N-dealkylation sites (tertiary alicyclic amines) is 1. The predicted molar refractivity (Wildman–Crippen MR) is 102 cm³/mol. The molecule has 1 atom stereocenters. The minimum atomic E-state index is -3.66. The first-order valence-corrected chi connectivity index (χ1v) is 10.3. The maximum absolute atomic E-state index is 12.7. The van der Waals surface area contributed by atoms with Crippen LogP contribution in [0.2, 0.25) is 0 Å². The van der Waals surface area contributed by atoms with E-state index in [1.165, 1.54) is 0 Å². The Morgan fingerprint density at radius 2 is 2.04 bits per heavy atom. The molecule has 8 heteroatoms. The molecular formula is C19H20N4O3S. The molecule has 1 aromatic heterocycles. The zero-order valence-electron chi connectivity index (χ0n) is 14.9. The van der Waals surface area contributed by atoms with Gasteiger partial charge in [0.15, 0.2) is 5.84 Å². The number of nitrogens with one attached hydrogen (secondary N) is 1. The van der Waals surface area contributed by atoms with Gasteiger partial charge in [-0.25, -0.2) is 4.98 Å². The number of benzene rings is 1. The van der Waals surface area contributed by atoms with Gasteiger partial charge in [0, 0.05) is 24.8 Å². The monoisotopic (exact) mass is 384 g/mol. The molecule has 27 heavy (non-hydrogen) atoms. The molecule has 4 rings (SSSR count). The van der Waals surface area contributed by atoms with E-state index in [0.29, 0.717) is 30.3 Å². The van der Waals surface area contributed by atoms with E-state index in [2.05, 4.69) is 14.7 Å². The van der Waals surface area contributed by atoms with Gasteiger partial charge in [-0.15, -0.1) is 4.40 Å². The second-order valence-corrected chi connectivity index (χ2v) is 8.40. The van der Waals surface area contributed by atoms with Crippen LogP contribution in [0.5, 0.6) is 0 Å². The Morgan fingerprint density at radius 1 is 1.22 bits per heavy atom. The minimum Gasteiger partial charge on any atom is -0.355 e. The highest BCUT2D eigenvalue weighted by atomic mass is 32.2. The van der Waals surface area contributed by atoms with Gasteiger partial charge in [-0.3, -0.25) is 4.79 Å². The fourth-order valence-electron chi connectivity index (χ4n) is 3.54. The molecule has 2 aliphatic heterocycles. The topological polar surface area (TPSA) is 91.7 Å². The number of aryl methyl sites for hydroxylation is 1. The Labute approximate surface area is 158 Å². The summed E-state index contributed by atoms with van der Waals surface area (Å²) in [5, 5.41) is 2.89. The van der Waals surface area contributed by atoms with E-state index in [9.17, 15) is 13.2 Å². The van der Waals surface area contributed by atoms with Crippen LogP contribution in [0.1, 0.15) is 24.0 Å². The third-order valence-corrected chi connectivity index (χ3v) is 6.28. The Morgan fingerprint density at radius 3 is 2.85 bits per heavy atom. The average molecular weight is 384 g/mol. The van der Waals surface area contributed by atoms with Crippen molar-refractivity contribution in [2.24, 2.45) is 10.3 Å². The molecule has 1 N–H and O–H groups in total. The van der Waals surface area contributed by atoms with E-state index in [1.807, 2.05) is 24.0 Å². The molecule has 0 bridgehead atoms.